The molecule has 2 aromatic carbocycles. The first-order valence-electron chi connectivity index (χ1n) is 7.12. The lowest BCUT2D eigenvalue weighted by molar-refractivity contribution is 0.0892. The van der Waals surface area contributed by atoms with Crippen LogP contribution in [0.15, 0.2) is 54.7 Å². The number of benzene rings is 2. The van der Waals surface area contributed by atoms with Crippen molar-refractivity contribution in [1.82, 2.24) is 4.98 Å². The lowest BCUT2D eigenvalue weighted by Crippen LogP contribution is -2.40. The maximum absolute atomic E-state index is 12.8. The number of methoxy groups -OCH3 is 1. The van der Waals surface area contributed by atoms with E-state index in [4.69, 9.17) is 4.74 Å². The van der Waals surface area contributed by atoms with E-state index in [1.165, 1.54) is 0 Å². The molecule has 23 heavy (non-hydrogen) atoms. The molecule has 0 spiro atoms. The van der Waals surface area contributed by atoms with Gasteiger partial charge >= 0.3 is 0 Å². The fraction of sp³-hybridized carbons (Fsp3) is 0.0556. The summed E-state index contributed by atoms with van der Waals surface area (Å²) in [6.45, 7) is 0. The number of carbonyl (C=O) groups excluding carboxylic acids is 2. The quantitative estimate of drug-likeness (QED) is 0.683. The summed E-state index contributed by atoms with van der Waals surface area (Å²) in [6.07, 6.45) is 1.56. The predicted octanol–water partition coefficient (Wildman–Crippen LogP) is 3.04. The van der Waals surface area contributed by atoms with E-state index >= 15 is 0 Å². The van der Waals surface area contributed by atoms with E-state index < -0.39 is 0 Å². The van der Waals surface area contributed by atoms with Crippen LogP contribution in [0.3, 0.4) is 0 Å². The van der Waals surface area contributed by atoms with Gasteiger partial charge in [-0.25, -0.2) is 9.88 Å². The minimum absolute atomic E-state index is 0.320. The highest BCUT2D eigenvalue weighted by atomic mass is 16.5. The Balaban J connectivity index is 2.01. The average molecular weight is 304 g/mol. The van der Waals surface area contributed by atoms with Crippen molar-refractivity contribution in [3.63, 3.8) is 0 Å². The van der Waals surface area contributed by atoms with Crippen LogP contribution in [0.1, 0.15) is 20.7 Å². The molecule has 5 heteroatoms. The monoisotopic (exact) mass is 304 g/mol. The van der Waals surface area contributed by atoms with Crippen LogP contribution in [0, 0.1) is 0 Å². The van der Waals surface area contributed by atoms with Crippen molar-refractivity contribution in [2.24, 2.45) is 0 Å². The van der Waals surface area contributed by atoms with Crippen molar-refractivity contribution in [2.75, 3.05) is 12.0 Å². The van der Waals surface area contributed by atoms with Crippen molar-refractivity contribution in [3.05, 3.63) is 65.9 Å². The van der Waals surface area contributed by atoms with Crippen LogP contribution in [0.2, 0.25) is 0 Å². The van der Waals surface area contributed by atoms with E-state index in [0.29, 0.717) is 28.1 Å². The van der Waals surface area contributed by atoms with Crippen LogP contribution in [-0.2, 0) is 0 Å². The number of carbonyl (C=O) groups is 2. The molecule has 0 N–H and O–H groups in total. The maximum atomic E-state index is 12.8. The molecule has 0 radical (unpaired) electrons. The second kappa shape index (κ2) is 4.91. The van der Waals surface area contributed by atoms with Crippen molar-refractivity contribution in [1.29, 1.82) is 0 Å². The van der Waals surface area contributed by atoms with E-state index in [0.717, 1.165) is 10.3 Å². The number of nitrogens with zero attached hydrogens (tertiary/aromatic N) is 2. The molecule has 2 amide bonds. The van der Waals surface area contributed by atoms with Gasteiger partial charge in [-0.05, 0) is 30.3 Å². The van der Waals surface area contributed by atoms with E-state index in [1.54, 1.807) is 55.8 Å². The molecule has 0 atom stereocenters. The molecule has 1 aliphatic heterocycles. The highest BCUT2D eigenvalue weighted by molar-refractivity contribution is 6.35. The van der Waals surface area contributed by atoms with Crippen LogP contribution >= 0.6 is 0 Å². The van der Waals surface area contributed by atoms with Crippen molar-refractivity contribution in [3.8, 4) is 5.75 Å². The van der Waals surface area contributed by atoms with Gasteiger partial charge in [-0.15, -0.1) is 0 Å². The molecule has 1 aromatic heterocycles. The fourth-order valence-corrected chi connectivity index (χ4v) is 2.94. The van der Waals surface area contributed by atoms with Gasteiger partial charge in [-0.3, -0.25) is 9.59 Å². The summed E-state index contributed by atoms with van der Waals surface area (Å²) in [5, 5.41) is 1.39. The minimum Gasteiger partial charge on any atom is -0.496 e. The third kappa shape index (κ3) is 1.83. The number of hydrogen-bond acceptors (Lipinski definition) is 4. The molecule has 2 heterocycles. The molecule has 4 rings (SSSR count). The van der Waals surface area contributed by atoms with Crippen LogP contribution < -0.4 is 9.64 Å². The molecule has 112 valence electrons. The third-order valence-corrected chi connectivity index (χ3v) is 3.97. The van der Waals surface area contributed by atoms with Crippen LogP contribution in [0.5, 0.6) is 5.75 Å². The topological polar surface area (TPSA) is 59.5 Å². The molecule has 5 nitrogen and oxygen atoms in total. The molecule has 0 aliphatic carbocycles. The SMILES string of the molecule is COc1ccc2c3c(cccc13)C(=O)N(c1ccccn1)C2=O. The van der Waals surface area contributed by atoms with E-state index in [2.05, 4.69) is 4.98 Å². The summed E-state index contributed by atoms with van der Waals surface area (Å²) >= 11 is 0. The minimum atomic E-state index is -0.375. The van der Waals surface area contributed by atoms with E-state index in [1.807, 2.05) is 6.07 Å². The molecule has 0 saturated carbocycles. The van der Waals surface area contributed by atoms with Crippen molar-refractivity contribution >= 4 is 28.4 Å². The number of hydrogen-bond donors (Lipinski definition) is 0. The molecule has 0 bridgehead atoms. The summed E-state index contributed by atoms with van der Waals surface area (Å²) in [5.41, 5.74) is 0.948. The van der Waals surface area contributed by atoms with Gasteiger partial charge in [0.1, 0.15) is 11.6 Å². The number of rotatable bonds is 2. The normalized spacial score (nSPS) is 13.5. The standard InChI is InChI=1S/C18H12N2O3/c1-23-14-9-8-13-16-11(14)5-4-6-12(16)17(21)20(18(13)22)15-7-2-3-10-19-15/h2-10H,1H3. The number of imide groups is 1. The Morgan fingerprint density at radius 1 is 0.913 bits per heavy atom. The van der Waals surface area contributed by atoms with Gasteiger partial charge in [0.25, 0.3) is 11.8 Å². The Bertz CT molecular complexity index is 929. The first kappa shape index (κ1) is 13.5. The summed E-state index contributed by atoms with van der Waals surface area (Å²) < 4.78 is 5.34. The van der Waals surface area contributed by atoms with Gasteiger partial charge in [0.05, 0.1) is 7.11 Å². The largest absolute Gasteiger partial charge is 0.496 e. The third-order valence-electron chi connectivity index (χ3n) is 3.97. The number of ether oxygens (including phenoxy) is 1. The number of pyridine rings is 1. The number of amides is 2. The Morgan fingerprint density at radius 2 is 1.70 bits per heavy atom. The van der Waals surface area contributed by atoms with Gasteiger partial charge < -0.3 is 4.74 Å². The van der Waals surface area contributed by atoms with Gasteiger partial charge in [-0.2, -0.15) is 0 Å². The second-order valence-electron chi connectivity index (χ2n) is 5.18. The van der Waals surface area contributed by atoms with Gasteiger partial charge in [0.2, 0.25) is 0 Å². The fourth-order valence-electron chi connectivity index (χ4n) is 2.94. The summed E-state index contributed by atoms with van der Waals surface area (Å²) in [4.78, 5) is 30.9. The maximum Gasteiger partial charge on any atom is 0.267 e. The van der Waals surface area contributed by atoms with Crippen LogP contribution in [-0.4, -0.2) is 23.9 Å². The lowest BCUT2D eigenvalue weighted by atomic mass is 9.93. The first-order valence-corrected chi connectivity index (χ1v) is 7.12. The van der Waals surface area contributed by atoms with Gasteiger partial charge in [-0.1, -0.05) is 18.2 Å². The molecule has 0 saturated heterocycles. The van der Waals surface area contributed by atoms with Gasteiger partial charge in [0.15, 0.2) is 0 Å². The zero-order valence-corrected chi connectivity index (χ0v) is 12.3. The lowest BCUT2D eigenvalue weighted by Gasteiger charge is -2.26. The zero-order valence-electron chi connectivity index (χ0n) is 12.3. The molecular formula is C18H12N2O3. The number of aromatic nitrogens is 1. The summed E-state index contributed by atoms with van der Waals surface area (Å²) in [6, 6.07) is 13.9. The highest BCUT2D eigenvalue weighted by Crippen LogP contribution is 2.36. The molecule has 0 fully saturated rings. The molecule has 1 aliphatic rings. The van der Waals surface area contributed by atoms with Crippen LogP contribution in [0.4, 0.5) is 5.82 Å². The van der Waals surface area contributed by atoms with E-state index in [9.17, 15) is 9.59 Å². The van der Waals surface area contributed by atoms with Crippen molar-refractivity contribution in [2.45, 2.75) is 0 Å². The van der Waals surface area contributed by atoms with Crippen molar-refractivity contribution < 1.29 is 14.3 Å². The summed E-state index contributed by atoms with van der Waals surface area (Å²) in [5.74, 6) is 0.207. The number of anilines is 1. The Kier molecular flexibility index (Phi) is 2.87. The predicted molar refractivity (Wildman–Crippen MR) is 85.9 cm³/mol. The zero-order chi connectivity index (χ0) is 16.0. The smallest absolute Gasteiger partial charge is 0.267 e. The first-order chi connectivity index (χ1) is 11.2. The van der Waals surface area contributed by atoms with Gasteiger partial charge in [0, 0.05) is 28.1 Å². The molecule has 0 unspecified atom stereocenters. The van der Waals surface area contributed by atoms with E-state index in [-0.39, 0.29) is 11.8 Å². The molecular weight excluding hydrogens is 292 g/mol. The second-order valence-corrected chi connectivity index (χ2v) is 5.18. The highest BCUT2D eigenvalue weighted by Gasteiger charge is 2.35. The average Bonchev–Trinajstić information content (AvgIpc) is 2.60. The Hall–Kier alpha value is -3.21. The van der Waals surface area contributed by atoms with Crippen LogP contribution in [0.25, 0.3) is 10.8 Å². The Labute approximate surface area is 132 Å². The summed E-state index contributed by atoms with van der Waals surface area (Å²) in [7, 11) is 1.57. The molecule has 3 aromatic rings. The Morgan fingerprint density at radius 3 is 2.39 bits per heavy atom.